The maximum atomic E-state index is 12.9. The number of anilines is 1. The summed E-state index contributed by atoms with van der Waals surface area (Å²) in [5.41, 5.74) is -0.934. The van der Waals surface area contributed by atoms with E-state index in [1.165, 1.54) is 10.8 Å². The summed E-state index contributed by atoms with van der Waals surface area (Å²) < 4.78 is 40.2. The Kier molecular flexibility index (Phi) is 3.44. The van der Waals surface area contributed by atoms with Crippen molar-refractivity contribution in [2.75, 3.05) is 37.6 Å². The first-order valence-electron chi connectivity index (χ1n) is 6.74. The van der Waals surface area contributed by atoms with E-state index in [9.17, 15) is 13.2 Å². The molecular weight excluding hydrogens is 285 g/mol. The number of fused-ring (bicyclic) bond motifs is 1. The fourth-order valence-electron chi connectivity index (χ4n) is 2.46. The predicted molar refractivity (Wildman–Crippen MR) is 70.1 cm³/mol. The zero-order valence-corrected chi connectivity index (χ0v) is 11.5. The summed E-state index contributed by atoms with van der Waals surface area (Å²) in [7, 11) is 0. The van der Waals surface area contributed by atoms with Gasteiger partial charge in [-0.1, -0.05) is 6.92 Å². The maximum absolute atomic E-state index is 12.9. The van der Waals surface area contributed by atoms with E-state index >= 15 is 0 Å². The molecule has 3 rings (SSSR count). The number of alkyl halides is 3. The lowest BCUT2D eigenvalue weighted by atomic mass is 10.3. The third-order valence-corrected chi connectivity index (χ3v) is 3.67. The lowest BCUT2D eigenvalue weighted by molar-refractivity contribution is -0.141. The minimum Gasteiger partial charge on any atom is -0.354 e. The van der Waals surface area contributed by atoms with Gasteiger partial charge < -0.3 is 9.80 Å². The van der Waals surface area contributed by atoms with Gasteiger partial charge in [-0.3, -0.25) is 0 Å². The third-order valence-electron chi connectivity index (χ3n) is 3.67. The van der Waals surface area contributed by atoms with Crippen LogP contribution >= 0.6 is 0 Å². The first-order chi connectivity index (χ1) is 9.99. The topological polar surface area (TPSA) is 49.6 Å². The third kappa shape index (κ3) is 2.65. The molecular formula is C12H15F3N6. The molecule has 0 radical (unpaired) electrons. The Bertz CT molecular complexity index is 629. The molecule has 0 amide bonds. The van der Waals surface area contributed by atoms with Gasteiger partial charge in [0.25, 0.3) is 5.78 Å². The fraction of sp³-hybridized carbons (Fsp3) is 0.583. The van der Waals surface area contributed by atoms with Crippen molar-refractivity contribution in [3.63, 3.8) is 0 Å². The van der Waals surface area contributed by atoms with Gasteiger partial charge in [-0.2, -0.15) is 27.8 Å². The highest BCUT2D eigenvalue weighted by Gasteiger charge is 2.34. The van der Waals surface area contributed by atoms with Crippen molar-refractivity contribution in [2.24, 2.45) is 0 Å². The highest BCUT2D eigenvalue weighted by atomic mass is 19.4. The predicted octanol–water partition coefficient (Wildman–Crippen LogP) is 1.28. The van der Waals surface area contributed by atoms with Gasteiger partial charge in [0, 0.05) is 32.2 Å². The number of hydrogen-bond donors (Lipinski definition) is 0. The molecule has 2 aromatic heterocycles. The standard InChI is InChI=1S/C12H15F3N6/c1-2-19-3-5-20(6-4-19)10-7-9(12(13,14)15)18-11-16-8-17-21(10)11/h7-8H,2-6H2,1H3. The van der Waals surface area contributed by atoms with E-state index in [1.54, 1.807) is 0 Å². The van der Waals surface area contributed by atoms with Crippen LogP contribution in [0.2, 0.25) is 0 Å². The van der Waals surface area contributed by atoms with E-state index in [1.807, 2.05) is 4.90 Å². The van der Waals surface area contributed by atoms with Crippen LogP contribution in [0.4, 0.5) is 19.0 Å². The zero-order chi connectivity index (χ0) is 15.0. The van der Waals surface area contributed by atoms with Gasteiger partial charge in [-0.25, -0.2) is 4.98 Å². The van der Waals surface area contributed by atoms with Crippen molar-refractivity contribution >= 4 is 11.6 Å². The van der Waals surface area contributed by atoms with Crippen LogP contribution in [0.1, 0.15) is 12.6 Å². The van der Waals surface area contributed by atoms with Crippen molar-refractivity contribution in [1.82, 2.24) is 24.5 Å². The molecule has 1 aliphatic rings. The van der Waals surface area contributed by atoms with Crippen molar-refractivity contribution in [3.05, 3.63) is 18.1 Å². The van der Waals surface area contributed by atoms with Crippen LogP contribution in [0, 0.1) is 0 Å². The Morgan fingerprint density at radius 2 is 1.90 bits per heavy atom. The Balaban J connectivity index is 1.99. The number of nitrogens with zero attached hydrogens (tertiary/aromatic N) is 6. The normalized spacial score (nSPS) is 17.6. The van der Waals surface area contributed by atoms with Crippen LogP contribution in [0.25, 0.3) is 5.78 Å². The van der Waals surface area contributed by atoms with Crippen molar-refractivity contribution in [3.8, 4) is 0 Å². The zero-order valence-electron chi connectivity index (χ0n) is 11.5. The fourth-order valence-corrected chi connectivity index (χ4v) is 2.46. The second-order valence-corrected chi connectivity index (χ2v) is 4.89. The van der Waals surface area contributed by atoms with E-state index in [2.05, 4.69) is 26.9 Å². The number of aromatic nitrogens is 4. The monoisotopic (exact) mass is 300 g/mol. The lowest BCUT2D eigenvalue weighted by Gasteiger charge is -2.35. The molecule has 0 atom stereocenters. The summed E-state index contributed by atoms with van der Waals surface area (Å²) >= 11 is 0. The first-order valence-corrected chi connectivity index (χ1v) is 6.74. The van der Waals surface area contributed by atoms with Gasteiger partial charge in [0.05, 0.1) is 0 Å². The van der Waals surface area contributed by atoms with E-state index in [-0.39, 0.29) is 5.78 Å². The molecule has 9 heteroatoms. The molecule has 0 unspecified atom stereocenters. The Morgan fingerprint density at radius 1 is 1.19 bits per heavy atom. The Labute approximate surface area is 119 Å². The summed E-state index contributed by atoms with van der Waals surface area (Å²) in [4.78, 5) is 11.4. The molecule has 2 aromatic rings. The van der Waals surface area contributed by atoms with Gasteiger partial charge in [0.1, 0.15) is 12.1 Å². The minimum absolute atomic E-state index is 0.0299. The summed E-state index contributed by atoms with van der Waals surface area (Å²) in [5.74, 6) is 0.360. The second-order valence-electron chi connectivity index (χ2n) is 4.89. The van der Waals surface area contributed by atoms with Gasteiger partial charge in [0.2, 0.25) is 0 Å². The smallest absolute Gasteiger partial charge is 0.354 e. The van der Waals surface area contributed by atoms with Crippen LogP contribution in [0.15, 0.2) is 12.4 Å². The largest absolute Gasteiger partial charge is 0.433 e. The minimum atomic E-state index is -4.49. The highest BCUT2D eigenvalue weighted by molar-refractivity contribution is 5.48. The average molecular weight is 300 g/mol. The molecule has 1 fully saturated rings. The number of rotatable bonds is 2. The first kappa shape index (κ1) is 14.1. The molecule has 1 saturated heterocycles. The van der Waals surface area contributed by atoms with Crippen LogP contribution in [-0.4, -0.2) is 57.2 Å². The molecule has 1 aliphatic heterocycles. The van der Waals surface area contributed by atoms with Gasteiger partial charge >= 0.3 is 6.18 Å². The SMILES string of the molecule is CCN1CCN(c2cc(C(F)(F)F)nc3ncnn23)CC1. The Morgan fingerprint density at radius 3 is 2.52 bits per heavy atom. The number of piperazine rings is 1. The molecule has 0 bridgehead atoms. The summed E-state index contributed by atoms with van der Waals surface area (Å²) in [6.07, 6.45) is -3.28. The summed E-state index contributed by atoms with van der Waals surface area (Å²) in [5, 5.41) is 3.98. The summed E-state index contributed by atoms with van der Waals surface area (Å²) in [6.45, 7) is 5.96. The van der Waals surface area contributed by atoms with Crippen molar-refractivity contribution in [1.29, 1.82) is 0 Å². The molecule has 21 heavy (non-hydrogen) atoms. The van der Waals surface area contributed by atoms with Crippen molar-refractivity contribution in [2.45, 2.75) is 13.1 Å². The highest BCUT2D eigenvalue weighted by Crippen LogP contribution is 2.30. The van der Waals surface area contributed by atoms with E-state index in [0.717, 1.165) is 25.7 Å². The Hall–Kier alpha value is -1.90. The average Bonchev–Trinajstić information content (AvgIpc) is 2.94. The van der Waals surface area contributed by atoms with Gasteiger partial charge in [0.15, 0.2) is 5.69 Å². The number of likely N-dealkylation sites (N-methyl/N-ethyl adjacent to an activating group) is 1. The molecule has 6 nitrogen and oxygen atoms in total. The maximum Gasteiger partial charge on any atom is 0.433 e. The van der Waals surface area contributed by atoms with Gasteiger partial charge in [-0.15, -0.1) is 0 Å². The summed E-state index contributed by atoms with van der Waals surface area (Å²) in [6, 6.07) is 1.04. The van der Waals surface area contributed by atoms with Crippen LogP contribution in [-0.2, 0) is 6.18 Å². The quantitative estimate of drug-likeness (QED) is 0.836. The molecule has 0 aliphatic carbocycles. The number of hydrogen-bond acceptors (Lipinski definition) is 5. The van der Waals surface area contributed by atoms with Crippen LogP contribution in [0.3, 0.4) is 0 Å². The van der Waals surface area contributed by atoms with E-state index in [4.69, 9.17) is 0 Å². The molecule has 0 aromatic carbocycles. The number of halogens is 3. The lowest BCUT2D eigenvalue weighted by Crippen LogP contribution is -2.46. The van der Waals surface area contributed by atoms with Crippen LogP contribution < -0.4 is 4.90 Å². The molecule has 0 spiro atoms. The molecule has 0 saturated carbocycles. The molecule has 0 N–H and O–H groups in total. The second kappa shape index (κ2) is 5.14. The molecule has 3 heterocycles. The molecule has 114 valence electrons. The van der Waals surface area contributed by atoms with Gasteiger partial charge in [-0.05, 0) is 6.54 Å². The van der Waals surface area contributed by atoms with E-state index in [0.29, 0.717) is 18.9 Å². The van der Waals surface area contributed by atoms with E-state index < -0.39 is 11.9 Å². The van der Waals surface area contributed by atoms with Crippen LogP contribution in [0.5, 0.6) is 0 Å². The van der Waals surface area contributed by atoms with Crippen molar-refractivity contribution < 1.29 is 13.2 Å².